The van der Waals surface area contributed by atoms with E-state index >= 15 is 0 Å². The molecule has 0 saturated carbocycles. The highest BCUT2D eigenvalue weighted by Gasteiger charge is 2.11. The summed E-state index contributed by atoms with van der Waals surface area (Å²) in [6.45, 7) is 4.50. The summed E-state index contributed by atoms with van der Waals surface area (Å²) in [4.78, 5) is 1.44. The second-order valence-electron chi connectivity index (χ2n) is 5.66. The molecule has 0 amide bonds. The number of anilines is 1. The number of aryl methyl sites for hydroxylation is 1. The molecule has 0 spiro atoms. The van der Waals surface area contributed by atoms with Gasteiger partial charge in [-0.15, -0.1) is 11.3 Å². The van der Waals surface area contributed by atoms with Crippen molar-refractivity contribution in [3.05, 3.63) is 52.2 Å². The largest absolute Gasteiger partial charge is 0.377 e. The molecule has 114 valence electrons. The van der Waals surface area contributed by atoms with Crippen molar-refractivity contribution in [3.8, 4) is 0 Å². The van der Waals surface area contributed by atoms with E-state index in [0.717, 1.165) is 0 Å². The smallest absolute Gasteiger partial charge is 0.0606 e. The van der Waals surface area contributed by atoms with Gasteiger partial charge in [0.15, 0.2) is 0 Å². The molecule has 2 rings (SSSR count). The Morgan fingerprint density at radius 3 is 2.38 bits per heavy atom. The van der Waals surface area contributed by atoms with E-state index in [1.807, 2.05) is 11.3 Å². The van der Waals surface area contributed by atoms with Crippen molar-refractivity contribution < 1.29 is 0 Å². The summed E-state index contributed by atoms with van der Waals surface area (Å²) < 4.78 is 0. The van der Waals surface area contributed by atoms with E-state index in [1.165, 1.54) is 54.7 Å². The molecule has 0 radical (unpaired) electrons. The normalized spacial score (nSPS) is 12.3. The first-order valence-electron chi connectivity index (χ1n) is 8.22. The maximum absolute atomic E-state index is 3.71. The number of nitrogens with one attached hydrogen (secondary N) is 1. The van der Waals surface area contributed by atoms with Gasteiger partial charge in [0.2, 0.25) is 0 Å². The van der Waals surface area contributed by atoms with Crippen LogP contribution in [0.1, 0.15) is 62.4 Å². The summed E-state index contributed by atoms with van der Waals surface area (Å²) in [6, 6.07) is 13.8. The van der Waals surface area contributed by atoms with Gasteiger partial charge in [0.25, 0.3) is 0 Å². The predicted molar refractivity (Wildman–Crippen MR) is 95.3 cm³/mol. The van der Waals surface area contributed by atoms with Gasteiger partial charge < -0.3 is 5.32 Å². The molecule has 0 aliphatic rings. The Hall–Kier alpha value is -1.28. The standard InChI is InChI=1S/C19H27NS/c1-3-5-8-16-11-13-17(14-12-16)20-18(9-6-4-2)19-10-7-15-21-19/h7,10-15,18,20H,3-6,8-9H2,1-2H3. The van der Waals surface area contributed by atoms with Crippen LogP contribution in [0.25, 0.3) is 0 Å². The number of hydrogen-bond acceptors (Lipinski definition) is 2. The lowest BCUT2D eigenvalue weighted by Crippen LogP contribution is -2.09. The van der Waals surface area contributed by atoms with Crippen molar-refractivity contribution in [3.63, 3.8) is 0 Å². The van der Waals surface area contributed by atoms with Gasteiger partial charge in [0.05, 0.1) is 6.04 Å². The zero-order valence-corrected chi connectivity index (χ0v) is 14.1. The van der Waals surface area contributed by atoms with Gasteiger partial charge in [-0.05, 0) is 48.4 Å². The summed E-state index contributed by atoms with van der Waals surface area (Å²) in [5, 5.41) is 5.88. The fourth-order valence-electron chi connectivity index (χ4n) is 2.53. The Labute approximate surface area is 133 Å². The van der Waals surface area contributed by atoms with Crippen molar-refractivity contribution in [2.45, 2.75) is 58.4 Å². The van der Waals surface area contributed by atoms with Gasteiger partial charge in [0.1, 0.15) is 0 Å². The molecule has 21 heavy (non-hydrogen) atoms. The van der Waals surface area contributed by atoms with Crippen molar-refractivity contribution in [1.82, 2.24) is 0 Å². The molecule has 1 nitrogen and oxygen atoms in total. The summed E-state index contributed by atoms with van der Waals surface area (Å²) in [6.07, 6.45) is 7.46. The van der Waals surface area contributed by atoms with Crippen LogP contribution < -0.4 is 5.32 Å². The fourth-order valence-corrected chi connectivity index (χ4v) is 3.35. The molecule has 0 bridgehead atoms. The first-order chi connectivity index (χ1) is 10.3. The highest BCUT2D eigenvalue weighted by molar-refractivity contribution is 7.10. The van der Waals surface area contributed by atoms with Crippen LogP contribution in [0.4, 0.5) is 5.69 Å². The van der Waals surface area contributed by atoms with Crippen LogP contribution in [0.15, 0.2) is 41.8 Å². The van der Waals surface area contributed by atoms with E-state index in [2.05, 4.69) is 60.9 Å². The molecule has 1 aromatic carbocycles. The van der Waals surface area contributed by atoms with E-state index in [9.17, 15) is 0 Å². The maximum Gasteiger partial charge on any atom is 0.0606 e. The predicted octanol–water partition coefficient (Wildman–Crippen LogP) is 6.43. The molecule has 1 N–H and O–H groups in total. The lowest BCUT2D eigenvalue weighted by molar-refractivity contribution is 0.642. The van der Waals surface area contributed by atoms with Crippen LogP contribution >= 0.6 is 11.3 Å². The van der Waals surface area contributed by atoms with Gasteiger partial charge >= 0.3 is 0 Å². The first-order valence-corrected chi connectivity index (χ1v) is 9.10. The zero-order valence-electron chi connectivity index (χ0n) is 13.3. The third kappa shape index (κ3) is 5.20. The molecule has 1 aromatic heterocycles. The number of benzene rings is 1. The van der Waals surface area contributed by atoms with Gasteiger partial charge in [-0.2, -0.15) is 0 Å². The van der Waals surface area contributed by atoms with Gasteiger partial charge in [-0.1, -0.05) is 51.3 Å². The molecule has 0 aliphatic carbocycles. The molecular weight excluding hydrogens is 274 g/mol. The molecule has 1 unspecified atom stereocenters. The van der Waals surface area contributed by atoms with E-state index < -0.39 is 0 Å². The molecule has 1 atom stereocenters. The summed E-state index contributed by atoms with van der Waals surface area (Å²) in [7, 11) is 0. The first kappa shape index (κ1) is 16.1. The minimum Gasteiger partial charge on any atom is -0.377 e. The molecule has 2 aromatic rings. The molecule has 1 heterocycles. The Balaban J connectivity index is 1.99. The molecule has 0 saturated heterocycles. The second kappa shape index (κ2) is 8.89. The number of unbranched alkanes of at least 4 members (excludes halogenated alkanes) is 2. The Morgan fingerprint density at radius 2 is 1.76 bits per heavy atom. The van der Waals surface area contributed by atoms with Gasteiger partial charge in [0, 0.05) is 10.6 Å². The SMILES string of the molecule is CCCCc1ccc(NC(CCCC)c2cccs2)cc1. The Bertz CT molecular complexity index is 487. The van der Waals surface area contributed by atoms with E-state index in [-0.39, 0.29) is 0 Å². The van der Waals surface area contributed by atoms with Crippen LogP contribution in [0, 0.1) is 0 Å². The van der Waals surface area contributed by atoms with Crippen molar-refractivity contribution in [2.75, 3.05) is 5.32 Å². The topological polar surface area (TPSA) is 12.0 Å². The molecule has 2 heteroatoms. The number of rotatable bonds is 9. The van der Waals surface area contributed by atoms with Crippen LogP contribution in [0.2, 0.25) is 0 Å². The Morgan fingerprint density at radius 1 is 1.00 bits per heavy atom. The van der Waals surface area contributed by atoms with Crippen LogP contribution in [-0.2, 0) is 6.42 Å². The van der Waals surface area contributed by atoms with E-state index in [0.29, 0.717) is 6.04 Å². The number of thiophene rings is 1. The minimum absolute atomic E-state index is 0.450. The van der Waals surface area contributed by atoms with Gasteiger partial charge in [-0.3, -0.25) is 0 Å². The lowest BCUT2D eigenvalue weighted by atomic mass is 10.1. The monoisotopic (exact) mass is 301 g/mol. The molecule has 0 fully saturated rings. The third-order valence-corrected chi connectivity index (χ3v) is 4.83. The van der Waals surface area contributed by atoms with Crippen molar-refractivity contribution in [2.24, 2.45) is 0 Å². The highest BCUT2D eigenvalue weighted by atomic mass is 32.1. The highest BCUT2D eigenvalue weighted by Crippen LogP contribution is 2.28. The van der Waals surface area contributed by atoms with Crippen LogP contribution in [-0.4, -0.2) is 0 Å². The van der Waals surface area contributed by atoms with E-state index in [4.69, 9.17) is 0 Å². The average Bonchev–Trinajstić information content (AvgIpc) is 3.05. The minimum atomic E-state index is 0.450. The van der Waals surface area contributed by atoms with Crippen LogP contribution in [0.5, 0.6) is 0 Å². The average molecular weight is 301 g/mol. The molecule has 0 aliphatic heterocycles. The second-order valence-corrected chi connectivity index (χ2v) is 6.63. The van der Waals surface area contributed by atoms with Crippen LogP contribution in [0.3, 0.4) is 0 Å². The quantitative estimate of drug-likeness (QED) is 0.562. The van der Waals surface area contributed by atoms with E-state index in [1.54, 1.807) is 0 Å². The maximum atomic E-state index is 3.71. The summed E-state index contributed by atoms with van der Waals surface area (Å²) in [5.74, 6) is 0. The number of hydrogen-bond donors (Lipinski definition) is 1. The molecular formula is C19H27NS. The third-order valence-electron chi connectivity index (χ3n) is 3.85. The lowest BCUT2D eigenvalue weighted by Gasteiger charge is -2.19. The fraction of sp³-hybridized carbons (Fsp3) is 0.474. The zero-order chi connectivity index (χ0) is 14.9. The summed E-state index contributed by atoms with van der Waals surface area (Å²) >= 11 is 1.85. The van der Waals surface area contributed by atoms with Crippen molar-refractivity contribution >= 4 is 17.0 Å². The summed E-state index contributed by atoms with van der Waals surface area (Å²) in [5.41, 5.74) is 2.69. The van der Waals surface area contributed by atoms with Gasteiger partial charge in [-0.25, -0.2) is 0 Å². The van der Waals surface area contributed by atoms with Crippen molar-refractivity contribution in [1.29, 1.82) is 0 Å². The Kier molecular flexibility index (Phi) is 6.81.